The van der Waals surface area contributed by atoms with Gasteiger partial charge in [-0.15, -0.1) is 0 Å². The number of aromatic nitrogens is 3. The second kappa shape index (κ2) is 4.79. The van der Waals surface area contributed by atoms with Crippen molar-refractivity contribution in [3.8, 4) is 0 Å². The third-order valence-electron chi connectivity index (χ3n) is 2.53. The van der Waals surface area contributed by atoms with Crippen molar-refractivity contribution in [1.82, 2.24) is 14.8 Å². The van der Waals surface area contributed by atoms with Gasteiger partial charge in [0.2, 0.25) is 0 Å². The highest BCUT2D eigenvalue weighted by Gasteiger charge is 2.11. The standard InChI is InChI=1S/C12H12N4O2/c1-8-10(4-3-9(7-17)14-8)15-12(18)11-5-6-13-16(11)2/h3-7H,1-2H3,(H,15,18). The zero-order valence-corrected chi connectivity index (χ0v) is 10.0. The van der Waals surface area contributed by atoms with Crippen molar-refractivity contribution < 1.29 is 9.59 Å². The number of amides is 1. The smallest absolute Gasteiger partial charge is 0.273 e. The molecule has 0 atom stereocenters. The van der Waals surface area contributed by atoms with E-state index in [4.69, 9.17) is 0 Å². The van der Waals surface area contributed by atoms with Gasteiger partial charge in [0.1, 0.15) is 11.4 Å². The topological polar surface area (TPSA) is 76.9 Å². The van der Waals surface area contributed by atoms with E-state index in [1.807, 2.05) is 0 Å². The molecule has 0 aliphatic carbocycles. The lowest BCUT2D eigenvalue weighted by molar-refractivity contribution is 0.101. The average Bonchev–Trinajstić information content (AvgIpc) is 2.78. The number of nitrogens with zero attached hydrogens (tertiary/aromatic N) is 3. The highest BCUT2D eigenvalue weighted by Crippen LogP contribution is 2.13. The van der Waals surface area contributed by atoms with E-state index in [1.54, 1.807) is 38.4 Å². The molecule has 92 valence electrons. The van der Waals surface area contributed by atoms with Gasteiger partial charge in [0.25, 0.3) is 5.91 Å². The zero-order valence-electron chi connectivity index (χ0n) is 10.0. The Morgan fingerprint density at radius 3 is 2.72 bits per heavy atom. The zero-order chi connectivity index (χ0) is 13.1. The Kier molecular flexibility index (Phi) is 3.18. The number of aldehydes is 1. The quantitative estimate of drug-likeness (QED) is 0.823. The van der Waals surface area contributed by atoms with Crippen molar-refractivity contribution in [1.29, 1.82) is 0 Å². The summed E-state index contributed by atoms with van der Waals surface area (Å²) in [6, 6.07) is 4.83. The maximum absolute atomic E-state index is 11.9. The first-order valence-electron chi connectivity index (χ1n) is 5.34. The summed E-state index contributed by atoms with van der Waals surface area (Å²) in [6.45, 7) is 1.73. The van der Waals surface area contributed by atoms with E-state index >= 15 is 0 Å². The Bertz CT molecular complexity index is 604. The predicted octanol–water partition coefficient (Wildman–Crippen LogP) is 1.19. The molecule has 2 rings (SSSR count). The number of aryl methyl sites for hydroxylation is 2. The van der Waals surface area contributed by atoms with E-state index in [2.05, 4.69) is 15.4 Å². The van der Waals surface area contributed by atoms with Crippen LogP contribution in [0, 0.1) is 6.92 Å². The lowest BCUT2D eigenvalue weighted by Gasteiger charge is -2.08. The molecule has 0 aliphatic heterocycles. The first-order chi connectivity index (χ1) is 8.61. The third kappa shape index (κ3) is 2.27. The number of hydrogen-bond acceptors (Lipinski definition) is 4. The van der Waals surface area contributed by atoms with Gasteiger partial charge >= 0.3 is 0 Å². The molecule has 0 unspecified atom stereocenters. The number of carbonyl (C=O) groups is 2. The molecule has 0 radical (unpaired) electrons. The van der Waals surface area contributed by atoms with Crippen molar-refractivity contribution in [2.75, 3.05) is 5.32 Å². The number of anilines is 1. The molecule has 6 nitrogen and oxygen atoms in total. The first-order valence-corrected chi connectivity index (χ1v) is 5.34. The molecule has 0 saturated heterocycles. The van der Waals surface area contributed by atoms with Gasteiger partial charge in [0, 0.05) is 13.2 Å². The van der Waals surface area contributed by atoms with Crippen molar-refractivity contribution in [3.63, 3.8) is 0 Å². The van der Waals surface area contributed by atoms with Crippen LogP contribution in [-0.2, 0) is 7.05 Å². The minimum absolute atomic E-state index is 0.265. The van der Waals surface area contributed by atoms with Crippen molar-refractivity contribution in [3.05, 3.63) is 41.5 Å². The molecule has 1 amide bonds. The van der Waals surface area contributed by atoms with Gasteiger partial charge in [-0.25, -0.2) is 4.98 Å². The van der Waals surface area contributed by atoms with E-state index in [0.717, 1.165) is 0 Å². The summed E-state index contributed by atoms with van der Waals surface area (Å²) in [5.41, 5.74) is 1.96. The first kappa shape index (κ1) is 12.0. The van der Waals surface area contributed by atoms with Gasteiger partial charge < -0.3 is 5.32 Å². The highest BCUT2D eigenvalue weighted by molar-refractivity contribution is 6.03. The van der Waals surface area contributed by atoms with E-state index in [0.29, 0.717) is 29.1 Å². The Balaban J connectivity index is 2.22. The minimum atomic E-state index is -0.265. The summed E-state index contributed by atoms with van der Waals surface area (Å²) >= 11 is 0. The third-order valence-corrected chi connectivity index (χ3v) is 2.53. The lowest BCUT2D eigenvalue weighted by Crippen LogP contribution is -2.17. The van der Waals surface area contributed by atoms with Crippen LogP contribution in [0.2, 0.25) is 0 Å². The van der Waals surface area contributed by atoms with Gasteiger partial charge in [-0.1, -0.05) is 0 Å². The Morgan fingerprint density at radius 1 is 1.39 bits per heavy atom. The van der Waals surface area contributed by atoms with E-state index in [-0.39, 0.29) is 5.91 Å². The lowest BCUT2D eigenvalue weighted by atomic mass is 10.2. The molecular formula is C12H12N4O2. The van der Waals surface area contributed by atoms with Gasteiger partial charge in [0.15, 0.2) is 6.29 Å². The number of carbonyl (C=O) groups excluding carboxylic acids is 2. The van der Waals surface area contributed by atoms with Crippen LogP contribution in [-0.4, -0.2) is 27.0 Å². The predicted molar refractivity (Wildman–Crippen MR) is 65.5 cm³/mol. The molecule has 2 aromatic rings. The second-order valence-corrected chi connectivity index (χ2v) is 3.78. The molecule has 18 heavy (non-hydrogen) atoms. The summed E-state index contributed by atoms with van der Waals surface area (Å²) in [6.07, 6.45) is 2.22. The van der Waals surface area contributed by atoms with Crippen LogP contribution in [0.1, 0.15) is 26.7 Å². The molecule has 0 aromatic carbocycles. The Labute approximate surface area is 104 Å². The summed E-state index contributed by atoms with van der Waals surface area (Å²) in [5.74, 6) is -0.265. The van der Waals surface area contributed by atoms with E-state index in [1.165, 1.54) is 4.68 Å². The van der Waals surface area contributed by atoms with Crippen LogP contribution in [0.5, 0.6) is 0 Å². The van der Waals surface area contributed by atoms with Crippen LogP contribution >= 0.6 is 0 Å². The molecule has 0 aliphatic rings. The van der Waals surface area contributed by atoms with E-state index < -0.39 is 0 Å². The molecule has 0 bridgehead atoms. The maximum Gasteiger partial charge on any atom is 0.273 e. The molecule has 0 spiro atoms. The molecule has 2 aromatic heterocycles. The SMILES string of the molecule is Cc1nc(C=O)ccc1NC(=O)c1ccnn1C. The van der Waals surface area contributed by atoms with Gasteiger partial charge in [-0.05, 0) is 25.1 Å². The van der Waals surface area contributed by atoms with Crippen molar-refractivity contribution in [2.45, 2.75) is 6.92 Å². The van der Waals surface area contributed by atoms with Crippen molar-refractivity contribution >= 4 is 17.9 Å². The fourth-order valence-electron chi connectivity index (χ4n) is 1.56. The average molecular weight is 244 g/mol. The largest absolute Gasteiger partial charge is 0.319 e. The fraction of sp³-hybridized carbons (Fsp3) is 0.167. The van der Waals surface area contributed by atoms with Gasteiger partial charge in [-0.2, -0.15) is 5.10 Å². The minimum Gasteiger partial charge on any atom is -0.319 e. The molecule has 0 fully saturated rings. The van der Waals surface area contributed by atoms with Crippen LogP contribution in [0.15, 0.2) is 24.4 Å². The fourth-order valence-corrected chi connectivity index (χ4v) is 1.56. The van der Waals surface area contributed by atoms with Crippen LogP contribution < -0.4 is 5.32 Å². The Morgan fingerprint density at radius 2 is 2.17 bits per heavy atom. The highest BCUT2D eigenvalue weighted by atomic mass is 16.2. The summed E-state index contributed by atoms with van der Waals surface area (Å²) in [5, 5.41) is 6.65. The van der Waals surface area contributed by atoms with Crippen LogP contribution in [0.25, 0.3) is 0 Å². The van der Waals surface area contributed by atoms with Crippen LogP contribution in [0.4, 0.5) is 5.69 Å². The normalized spacial score (nSPS) is 10.1. The molecule has 6 heteroatoms. The maximum atomic E-state index is 11.9. The molecule has 0 saturated carbocycles. The van der Waals surface area contributed by atoms with Gasteiger partial charge in [-0.3, -0.25) is 14.3 Å². The van der Waals surface area contributed by atoms with E-state index in [9.17, 15) is 9.59 Å². The molecule has 1 N–H and O–H groups in total. The van der Waals surface area contributed by atoms with Crippen LogP contribution in [0.3, 0.4) is 0 Å². The molecular weight excluding hydrogens is 232 g/mol. The Hall–Kier alpha value is -2.50. The number of pyridine rings is 1. The summed E-state index contributed by atoms with van der Waals surface area (Å²) in [4.78, 5) is 26.5. The number of nitrogens with one attached hydrogen (secondary N) is 1. The van der Waals surface area contributed by atoms with Crippen molar-refractivity contribution in [2.24, 2.45) is 7.05 Å². The number of rotatable bonds is 3. The second-order valence-electron chi connectivity index (χ2n) is 3.78. The number of hydrogen-bond donors (Lipinski definition) is 1. The molecule has 2 heterocycles. The summed E-state index contributed by atoms with van der Waals surface area (Å²) < 4.78 is 1.48. The summed E-state index contributed by atoms with van der Waals surface area (Å²) in [7, 11) is 1.69. The van der Waals surface area contributed by atoms with Gasteiger partial charge in [0.05, 0.1) is 11.4 Å². The monoisotopic (exact) mass is 244 g/mol.